The van der Waals surface area contributed by atoms with Crippen molar-refractivity contribution in [2.45, 2.75) is 0 Å². The summed E-state index contributed by atoms with van der Waals surface area (Å²) in [5.41, 5.74) is 3.72. The van der Waals surface area contributed by atoms with Gasteiger partial charge in [-0.3, -0.25) is 19.2 Å². The van der Waals surface area contributed by atoms with E-state index in [0.29, 0.717) is 67.5 Å². The first-order valence-corrected chi connectivity index (χ1v) is 21.8. The molecule has 0 saturated carbocycles. The van der Waals surface area contributed by atoms with Crippen molar-refractivity contribution in [1.29, 1.82) is 0 Å². The van der Waals surface area contributed by atoms with Gasteiger partial charge in [0.05, 0.1) is 58.3 Å². The maximum Gasteiger partial charge on any atom is 0.335 e. The molecule has 0 aromatic heterocycles. The Morgan fingerprint density at radius 3 is 1.17 bits per heavy atom. The SMILES string of the molecule is COc1ccc(C(=O)C2=CC(C(=O)c3ccccc3OC)=C[C+]=C2)cc1.COc1ccc(C(=O)c2cccc(C(=O)c3ccc(OC)cc3)c2)cc1.COc1ccccc1.O=C(O)c1cccc(C(=O)O)c1. The summed E-state index contributed by atoms with van der Waals surface area (Å²) in [7, 11) is 7.89. The average Bonchev–Trinajstić information content (AvgIpc) is 3.45. The summed E-state index contributed by atoms with van der Waals surface area (Å²) in [6.07, 6.45) is 7.61. The molecule has 7 aromatic carbocycles. The molecular weight excluding hydrogens is 917 g/mol. The van der Waals surface area contributed by atoms with Gasteiger partial charge in [-0.25, -0.2) is 9.59 Å². The first-order chi connectivity index (χ1) is 34.8. The number of carboxylic acids is 2. The zero-order valence-electron chi connectivity index (χ0n) is 39.9. The molecule has 0 radical (unpaired) electrons. The van der Waals surface area contributed by atoms with Gasteiger partial charge in [0.1, 0.15) is 52.0 Å². The molecule has 0 bridgehead atoms. The molecular formula is C59H49O13+. The van der Waals surface area contributed by atoms with E-state index in [9.17, 15) is 28.8 Å². The number of para-hydroxylation sites is 2. The zero-order chi connectivity index (χ0) is 52.0. The molecule has 0 heterocycles. The Bertz CT molecular complexity index is 2990. The number of rotatable bonds is 15. The van der Waals surface area contributed by atoms with Gasteiger partial charge in [0, 0.05) is 33.9 Å². The van der Waals surface area contributed by atoms with Crippen molar-refractivity contribution in [2.24, 2.45) is 0 Å². The van der Waals surface area contributed by atoms with Gasteiger partial charge in [-0.05, 0) is 121 Å². The summed E-state index contributed by atoms with van der Waals surface area (Å²) in [6.45, 7) is 0. The Balaban J connectivity index is 0.000000195. The van der Waals surface area contributed by atoms with Crippen molar-refractivity contribution in [1.82, 2.24) is 0 Å². The molecule has 0 saturated heterocycles. The number of allylic oxidation sites excluding steroid dienone is 6. The summed E-state index contributed by atoms with van der Waals surface area (Å²) in [4.78, 5) is 71.6. The van der Waals surface area contributed by atoms with Crippen LogP contribution in [0.1, 0.15) is 73.3 Å². The minimum atomic E-state index is -1.13. The van der Waals surface area contributed by atoms with E-state index in [0.717, 1.165) is 11.8 Å². The van der Waals surface area contributed by atoms with Crippen LogP contribution >= 0.6 is 0 Å². The topological polar surface area (TPSA) is 189 Å². The average molecular weight is 966 g/mol. The van der Waals surface area contributed by atoms with E-state index in [1.165, 1.54) is 25.3 Å². The summed E-state index contributed by atoms with van der Waals surface area (Å²) in [5, 5.41) is 17.0. The molecule has 72 heavy (non-hydrogen) atoms. The van der Waals surface area contributed by atoms with Gasteiger partial charge in [0.15, 0.2) is 11.6 Å². The second kappa shape index (κ2) is 26.7. The Labute approximate surface area is 416 Å². The largest absolute Gasteiger partial charge is 0.497 e. The number of carbonyl (C=O) groups is 6. The van der Waals surface area contributed by atoms with Crippen LogP contribution in [0.25, 0.3) is 0 Å². The predicted molar refractivity (Wildman–Crippen MR) is 271 cm³/mol. The molecule has 8 rings (SSSR count). The van der Waals surface area contributed by atoms with E-state index < -0.39 is 11.9 Å². The normalized spacial score (nSPS) is 10.7. The number of ketones is 4. The molecule has 13 nitrogen and oxygen atoms in total. The van der Waals surface area contributed by atoms with Crippen LogP contribution in [0.2, 0.25) is 0 Å². The zero-order valence-corrected chi connectivity index (χ0v) is 39.9. The number of hydrogen-bond donors (Lipinski definition) is 2. The number of Topliss-reactive ketones (excluding diaryl/α,β-unsaturated/α-hetero) is 2. The molecule has 13 heteroatoms. The molecule has 362 valence electrons. The summed E-state index contributed by atoms with van der Waals surface area (Å²) in [6, 6.07) is 49.2. The third kappa shape index (κ3) is 14.9. The highest BCUT2D eigenvalue weighted by atomic mass is 16.5. The highest BCUT2D eigenvalue weighted by molar-refractivity contribution is 6.17. The number of carboxylic acid groups (broad SMARTS) is 2. The molecule has 0 fully saturated rings. The van der Waals surface area contributed by atoms with Gasteiger partial charge in [-0.2, -0.15) is 0 Å². The number of carbonyl (C=O) groups excluding carboxylic acids is 4. The van der Waals surface area contributed by atoms with Gasteiger partial charge in [0.25, 0.3) is 5.78 Å². The number of ether oxygens (including phenoxy) is 5. The number of benzene rings is 7. The number of hydrogen-bond acceptors (Lipinski definition) is 11. The summed E-state index contributed by atoms with van der Waals surface area (Å²) < 4.78 is 25.5. The van der Waals surface area contributed by atoms with Crippen LogP contribution in [0, 0.1) is 6.08 Å². The van der Waals surface area contributed by atoms with Gasteiger partial charge in [0.2, 0.25) is 5.78 Å². The highest BCUT2D eigenvalue weighted by Crippen LogP contribution is 2.25. The monoisotopic (exact) mass is 965 g/mol. The molecule has 0 amide bonds. The lowest BCUT2D eigenvalue weighted by Crippen LogP contribution is -2.09. The quantitative estimate of drug-likeness (QED) is 0.0730. The van der Waals surface area contributed by atoms with Gasteiger partial charge in [-0.1, -0.05) is 54.6 Å². The summed E-state index contributed by atoms with van der Waals surface area (Å²) >= 11 is 0. The Morgan fingerprint density at radius 1 is 0.361 bits per heavy atom. The fourth-order valence-corrected chi connectivity index (χ4v) is 6.59. The standard InChI is InChI=1S/C22H17O4.C22H18O4.C8H6O4.C7H8O/c1-25-18-12-10-15(11-13-18)21(23)16-6-5-7-17(14-16)22(24)19-8-3-4-9-20(19)26-2;1-25-19-10-6-15(7-11-19)21(23)17-4-3-5-18(14-17)22(24)16-8-12-20(26-2)13-9-16;9-7(10)5-2-1-3-6(4-5)8(11)12;1-8-7-5-3-2-4-6-7/h3-4,6-14H,1-2H3;3-14H,1-2H3;1-4H,(H,9,10)(H,11,12);2-6H,1H3/q+1;;;. The Morgan fingerprint density at radius 2 is 0.750 bits per heavy atom. The lowest BCUT2D eigenvalue weighted by atomic mass is 9.93. The highest BCUT2D eigenvalue weighted by Gasteiger charge is 2.26. The van der Waals surface area contributed by atoms with Crippen LogP contribution in [0.3, 0.4) is 0 Å². The molecule has 0 aliphatic heterocycles. The second-order valence-corrected chi connectivity index (χ2v) is 15.0. The van der Waals surface area contributed by atoms with Crippen molar-refractivity contribution >= 4 is 35.1 Å². The lowest BCUT2D eigenvalue weighted by molar-refractivity contribution is 0.0696. The van der Waals surface area contributed by atoms with Crippen LogP contribution in [0.4, 0.5) is 0 Å². The first-order valence-electron chi connectivity index (χ1n) is 21.8. The molecule has 0 atom stereocenters. The summed E-state index contributed by atoms with van der Waals surface area (Å²) in [5.74, 6) is 0.506. The van der Waals surface area contributed by atoms with E-state index in [1.54, 1.807) is 168 Å². The van der Waals surface area contributed by atoms with Crippen molar-refractivity contribution < 1.29 is 62.7 Å². The van der Waals surface area contributed by atoms with Crippen LogP contribution in [0.5, 0.6) is 28.7 Å². The van der Waals surface area contributed by atoms with Crippen LogP contribution < -0.4 is 23.7 Å². The molecule has 1 aliphatic carbocycles. The van der Waals surface area contributed by atoms with Crippen molar-refractivity contribution in [2.75, 3.05) is 35.5 Å². The molecule has 0 spiro atoms. The second-order valence-electron chi connectivity index (χ2n) is 15.0. The molecule has 1 aliphatic rings. The number of aromatic carboxylic acids is 2. The van der Waals surface area contributed by atoms with Gasteiger partial charge in [-0.15, -0.1) is 0 Å². The fourth-order valence-electron chi connectivity index (χ4n) is 6.59. The van der Waals surface area contributed by atoms with E-state index in [2.05, 4.69) is 6.08 Å². The fraction of sp³-hybridized carbons (Fsp3) is 0.0847. The first kappa shape index (κ1) is 53.2. The third-order valence-electron chi connectivity index (χ3n) is 10.4. The predicted octanol–water partition coefficient (Wildman–Crippen LogP) is 10.9. The Hall–Kier alpha value is -9.71. The third-order valence-corrected chi connectivity index (χ3v) is 10.4. The van der Waals surface area contributed by atoms with Gasteiger partial charge < -0.3 is 33.9 Å². The molecule has 0 unspecified atom stereocenters. The van der Waals surface area contributed by atoms with Crippen molar-refractivity contribution in [3.8, 4) is 28.7 Å². The van der Waals surface area contributed by atoms with E-state index in [4.69, 9.17) is 33.9 Å². The lowest BCUT2D eigenvalue weighted by Gasteiger charge is -2.06. The minimum Gasteiger partial charge on any atom is -0.497 e. The maximum atomic E-state index is 12.8. The van der Waals surface area contributed by atoms with Crippen LogP contribution in [-0.2, 0) is 0 Å². The van der Waals surface area contributed by atoms with Gasteiger partial charge >= 0.3 is 11.9 Å². The van der Waals surface area contributed by atoms with Crippen LogP contribution in [0.15, 0.2) is 205 Å². The van der Waals surface area contributed by atoms with Crippen LogP contribution in [-0.4, -0.2) is 80.8 Å². The smallest absolute Gasteiger partial charge is 0.335 e. The van der Waals surface area contributed by atoms with Crippen molar-refractivity contribution in [3.05, 3.63) is 256 Å². The number of methoxy groups -OCH3 is 5. The minimum absolute atomic E-state index is 0.0186. The van der Waals surface area contributed by atoms with E-state index >= 15 is 0 Å². The maximum absolute atomic E-state index is 12.8. The Kier molecular flexibility index (Phi) is 19.8. The van der Waals surface area contributed by atoms with E-state index in [1.807, 2.05) is 30.3 Å². The van der Waals surface area contributed by atoms with Crippen molar-refractivity contribution in [3.63, 3.8) is 0 Å². The van der Waals surface area contributed by atoms with E-state index in [-0.39, 0.29) is 34.3 Å². The molecule has 7 aromatic rings. The molecule has 2 N–H and O–H groups in total.